The SMILES string of the molecule is Cn1nccc1C(=O)C#Cc1ccccc1. The lowest BCUT2D eigenvalue weighted by Crippen LogP contribution is -2.04. The minimum Gasteiger partial charge on any atom is -0.277 e. The molecule has 0 atom stereocenters. The predicted molar refractivity (Wildman–Crippen MR) is 60.9 cm³/mol. The number of carbonyl (C=O) groups is 1. The Hall–Kier alpha value is -2.34. The van der Waals surface area contributed by atoms with Gasteiger partial charge in [0.05, 0.1) is 0 Å². The van der Waals surface area contributed by atoms with Gasteiger partial charge in [0.1, 0.15) is 5.69 Å². The second-order valence-electron chi connectivity index (χ2n) is 3.29. The first-order chi connectivity index (χ1) is 7.77. The molecule has 0 N–H and O–H groups in total. The van der Waals surface area contributed by atoms with Crippen LogP contribution < -0.4 is 0 Å². The summed E-state index contributed by atoms with van der Waals surface area (Å²) in [4.78, 5) is 11.7. The maximum Gasteiger partial charge on any atom is 0.254 e. The van der Waals surface area contributed by atoms with E-state index in [9.17, 15) is 4.79 Å². The number of ketones is 1. The zero-order valence-electron chi connectivity index (χ0n) is 8.84. The zero-order valence-corrected chi connectivity index (χ0v) is 8.84. The van der Waals surface area contributed by atoms with Gasteiger partial charge in [-0.2, -0.15) is 5.10 Å². The lowest BCUT2D eigenvalue weighted by Gasteiger charge is -1.93. The van der Waals surface area contributed by atoms with Gasteiger partial charge in [-0.25, -0.2) is 0 Å². The molecule has 2 aromatic rings. The smallest absolute Gasteiger partial charge is 0.254 e. The largest absolute Gasteiger partial charge is 0.277 e. The molecule has 0 radical (unpaired) electrons. The van der Waals surface area contributed by atoms with Crippen LogP contribution in [0.5, 0.6) is 0 Å². The number of aryl methyl sites for hydroxylation is 1. The molecule has 0 aliphatic heterocycles. The number of Topliss-reactive ketones (excluding diaryl/α,β-unsaturated/α-hetero) is 1. The molecule has 78 valence electrons. The van der Waals surface area contributed by atoms with Crippen molar-refractivity contribution in [1.29, 1.82) is 0 Å². The number of hydrogen-bond acceptors (Lipinski definition) is 2. The van der Waals surface area contributed by atoms with E-state index in [1.54, 1.807) is 19.3 Å². The monoisotopic (exact) mass is 210 g/mol. The van der Waals surface area contributed by atoms with E-state index in [-0.39, 0.29) is 5.78 Å². The molecule has 0 saturated carbocycles. The molecule has 0 aliphatic rings. The highest BCUT2D eigenvalue weighted by atomic mass is 16.1. The third-order valence-electron chi connectivity index (χ3n) is 2.15. The van der Waals surface area contributed by atoms with Crippen LogP contribution in [0.3, 0.4) is 0 Å². The van der Waals surface area contributed by atoms with Crippen molar-refractivity contribution in [3.05, 3.63) is 53.9 Å². The fourth-order valence-corrected chi connectivity index (χ4v) is 1.31. The van der Waals surface area contributed by atoms with E-state index < -0.39 is 0 Å². The second-order valence-corrected chi connectivity index (χ2v) is 3.29. The van der Waals surface area contributed by atoms with Gasteiger partial charge in [0, 0.05) is 18.8 Å². The highest BCUT2D eigenvalue weighted by molar-refractivity contribution is 6.08. The number of aromatic nitrogens is 2. The molecular weight excluding hydrogens is 200 g/mol. The van der Waals surface area contributed by atoms with Gasteiger partial charge in [-0.3, -0.25) is 9.48 Å². The molecule has 1 aromatic heterocycles. The number of rotatable bonds is 1. The van der Waals surface area contributed by atoms with E-state index in [1.807, 2.05) is 30.3 Å². The Morgan fingerprint density at radius 1 is 1.25 bits per heavy atom. The van der Waals surface area contributed by atoms with Gasteiger partial charge in [-0.05, 0) is 24.1 Å². The van der Waals surface area contributed by atoms with Crippen LogP contribution >= 0.6 is 0 Å². The number of benzene rings is 1. The molecule has 0 saturated heterocycles. The maximum atomic E-state index is 11.7. The van der Waals surface area contributed by atoms with Crippen molar-refractivity contribution in [2.24, 2.45) is 7.05 Å². The molecular formula is C13H10N2O. The van der Waals surface area contributed by atoms with Gasteiger partial charge in [0.2, 0.25) is 0 Å². The van der Waals surface area contributed by atoms with Crippen molar-refractivity contribution < 1.29 is 4.79 Å². The number of hydrogen-bond donors (Lipinski definition) is 0. The Balaban J connectivity index is 2.21. The molecule has 1 aromatic carbocycles. The van der Waals surface area contributed by atoms with E-state index in [2.05, 4.69) is 16.9 Å². The summed E-state index contributed by atoms with van der Waals surface area (Å²) < 4.78 is 1.52. The first kappa shape index (κ1) is 10.2. The molecule has 16 heavy (non-hydrogen) atoms. The molecule has 0 amide bonds. The molecule has 3 nitrogen and oxygen atoms in total. The van der Waals surface area contributed by atoms with Crippen LogP contribution in [0.4, 0.5) is 0 Å². The van der Waals surface area contributed by atoms with Crippen LogP contribution in [0.1, 0.15) is 16.1 Å². The third kappa shape index (κ3) is 2.18. The van der Waals surface area contributed by atoms with Crippen LogP contribution in [0.2, 0.25) is 0 Å². The van der Waals surface area contributed by atoms with E-state index in [1.165, 1.54) is 4.68 Å². The molecule has 0 spiro atoms. The fourth-order valence-electron chi connectivity index (χ4n) is 1.31. The molecule has 0 fully saturated rings. The van der Waals surface area contributed by atoms with Gasteiger partial charge < -0.3 is 0 Å². The number of nitrogens with zero attached hydrogens (tertiary/aromatic N) is 2. The summed E-state index contributed by atoms with van der Waals surface area (Å²) in [6, 6.07) is 11.1. The van der Waals surface area contributed by atoms with Crippen molar-refractivity contribution in [2.45, 2.75) is 0 Å². The van der Waals surface area contributed by atoms with E-state index >= 15 is 0 Å². The summed E-state index contributed by atoms with van der Waals surface area (Å²) in [7, 11) is 1.72. The first-order valence-electron chi connectivity index (χ1n) is 4.87. The van der Waals surface area contributed by atoms with Gasteiger partial charge in [0.15, 0.2) is 0 Å². The van der Waals surface area contributed by atoms with Crippen molar-refractivity contribution in [3.8, 4) is 11.8 Å². The summed E-state index contributed by atoms with van der Waals surface area (Å²) >= 11 is 0. The van der Waals surface area contributed by atoms with Crippen molar-refractivity contribution >= 4 is 5.78 Å². The first-order valence-corrected chi connectivity index (χ1v) is 4.87. The lowest BCUT2D eigenvalue weighted by molar-refractivity contribution is 0.104. The molecule has 0 unspecified atom stereocenters. The predicted octanol–water partition coefficient (Wildman–Crippen LogP) is 1.65. The van der Waals surface area contributed by atoms with Crippen molar-refractivity contribution in [2.75, 3.05) is 0 Å². The van der Waals surface area contributed by atoms with Crippen LogP contribution in [-0.2, 0) is 7.05 Å². The summed E-state index contributed by atoms with van der Waals surface area (Å²) in [5, 5.41) is 3.92. The Kier molecular flexibility index (Phi) is 2.84. The van der Waals surface area contributed by atoms with Crippen LogP contribution in [0, 0.1) is 11.8 Å². The average molecular weight is 210 g/mol. The topological polar surface area (TPSA) is 34.9 Å². The third-order valence-corrected chi connectivity index (χ3v) is 2.15. The second kappa shape index (κ2) is 4.45. The van der Waals surface area contributed by atoms with Crippen LogP contribution in [0.25, 0.3) is 0 Å². The Morgan fingerprint density at radius 2 is 2.00 bits per heavy atom. The van der Waals surface area contributed by atoms with E-state index in [0.717, 1.165) is 5.56 Å². The quantitative estimate of drug-likeness (QED) is 0.530. The molecule has 0 aliphatic carbocycles. The Labute approximate surface area is 93.7 Å². The summed E-state index contributed by atoms with van der Waals surface area (Å²) in [6.07, 6.45) is 1.58. The molecule has 0 bridgehead atoms. The summed E-state index contributed by atoms with van der Waals surface area (Å²) in [5.41, 5.74) is 1.33. The maximum absolute atomic E-state index is 11.7. The van der Waals surface area contributed by atoms with Crippen molar-refractivity contribution in [3.63, 3.8) is 0 Å². The highest BCUT2D eigenvalue weighted by Gasteiger charge is 2.05. The van der Waals surface area contributed by atoms with Gasteiger partial charge in [-0.15, -0.1) is 0 Å². The summed E-state index contributed by atoms with van der Waals surface area (Å²) in [6.45, 7) is 0. The summed E-state index contributed by atoms with van der Waals surface area (Å²) in [5.74, 6) is 5.19. The van der Waals surface area contributed by atoms with E-state index in [0.29, 0.717) is 5.69 Å². The van der Waals surface area contributed by atoms with Gasteiger partial charge >= 0.3 is 0 Å². The lowest BCUT2D eigenvalue weighted by atomic mass is 10.2. The standard InChI is InChI=1S/C13H10N2O/c1-15-12(9-10-14-15)13(16)8-7-11-5-3-2-4-6-11/h2-6,9-10H,1H3. The Morgan fingerprint density at radius 3 is 2.62 bits per heavy atom. The van der Waals surface area contributed by atoms with Crippen molar-refractivity contribution in [1.82, 2.24) is 9.78 Å². The van der Waals surface area contributed by atoms with Crippen LogP contribution in [-0.4, -0.2) is 15.6 Å². The van der Waals surface area contributed by atoms with E-state index in [4.69, 9.17) is 0 Å². The minimum atomic E-state index is -0.219. The minimum absolute atomic E-state index is 0.219. The average Bonchev–Trinajstić information content (AvgIpc) is 2.74. The normalized spacial score (nSPS) is 9.31. The highest BCUT2D eigenvalue weighted by Crippen LogP contribution is 1.98. The molecule has 3 heteroatoms. The van der Waals surface area contributed by atoms with Gasteiger partial charge in [0.25, 0.3) is 5.78 Å². The molecule has 2 rings (SSSR count). The van der Waals surface area contributed by atoms with Gasteiger partial charge in [-0.1, -0.05) is 24.1 Å². The van der Waals surface area contributed by atoms with Crippen LogP contribution in [0.15, 0.2) is 42.6 Å². The Bertz CT molecular complexity index is 558. The fraction of sp³-hybridized carbons (Fsp3) is 0.0769. The number of carbonyl (C=O) groups excluding carboxylic acids is 1. The molecule has 1 heterocycles. The zero-order chi connectivity index (χ0) is 11.4.